The summed E-state index contributed by atoms with van der Waals surface area (Å²) >= 11 is 0. The highest BCUT2D eigenvalue weighted by atomic mass is 16.6. The van der Waals surface area contributed by atoms with Gasteiger partial charge in [0.1, 0.15) is 11.4 Å². The Kier molecular flexibility index (Phi) is 6.42. The number of benzene rings is 2. The van der Waals surface area contributed by atoms with E-state index in [0.717, 1.165) is 31.6 Å². The van der Waals surface area contributed by atoms with Gasteiger partial charge < -0.3 is 19.7 Å². The van der Waals surface area contributed by atoms with Gasteiger partial charge in [0.15, 0.2) is 0 Å². The van der Waals surface area contributed by atoms with Crippen LogP contribution in [0.3, 0.4) is 0 Å². The van der Waals surface area contributed by atoms with Crippen LogP contribution >= 0.6 is 0 Å². The second-order valence-corrected chi connectivity index (χ2v) is 8.16. The van der Waals surface area contributed by atoms with Crippen LogP contribution in [0.4, 0.5) is 10.5 Å². The summed E-state index contributed by atoms with van der Waals surface area (Å²) < 4.78 is 10.7. The van der Waals surface area contributed by atoms with Crippen LogP contribution in [-0.2, 0) is 4.74 Å². The molecule has 0 bridgehead atoms. The van der Waals surface area contributed by atoms with Crippen LogP contribution in [0.1, 0.15) is 44.0 Å². The molecule has 1 heterocycles. The Morgan fingerprint density at radius 2 is 1.59 bits per heavy atom. The van der Waals surface area contributed by atoms with Gasteiger partial charge in [-0.3, -0.25) is 0 Å². The lowest BCUT2D eigenvalue weighted by Gasteiger charge is -2.33. The largest absolute Gasteiger partial charge is 0.456 e. The number of para-hydroxylation sites is 1. The van der Waals surface area contributed by atoms with E-state index in [-0.39, 0.29) is 12.0 Å². The predicted molar refractivity (Wildman–Crippen MR) is 112 cm³/mol. The van der Waals surface area contributed by atoms with Crippen molar-refractivity contribution in [2.24, 2.45) is 0 Å². The van der Waals surface area contributed by atoms with Crippen molar-refractivity contribution in [3.63, 3.8) is 0 Å². The van der Waals surface area contributed by atoms with Gasteiger partial charge >= 0.3 is 12.1 Å². The summed E-state index contributed by atoms with van der Waals surface area (Å²) in [6.07, 6.45) is 1.24. The molecular weight excluding hydrogens is 368 g/mol. The number of amides is 1. The van der Waals surface area contributed by atoms with Gasteiger partial charge in [0.05, 0.1) is 5.56 Å². The lowest BCUT2D eigenvalue weighted by molar-refractivity contribution is 0.00695. The number of hydrogen-bond donors (Lipinski definition) is 1. The maximum atomic E-state index is 12.1. The number of piperidine rings is 1. The molecule has 3 rings (SSSR count). The number of ether oxygens (including phenoxy) is 2. The van der Waals surface area contributed by atoms with E-state index in [1.807, 2.05) is 51.1 Å². The first-order chi connectivity index (χ1) is 13.8. The molecule has 0 unspecified atom stereocenters. The van der Waals surface area contributed by atoms with Crippen molar-refractivity contribution in [1.29, 1.82) is 0 Å². The molecule has 29 heavy (non-hydrogen) atoms. The number of carbonyl (C=O) groups excluding carboxylic acids is 2. The van der Waals surface area contributed by atoms with Crippen LogP contribution in [0.5, 0.6) is 5.75 Å². The van der Waals surface area contributed by atoms with Gasteiger partial charge in [0.25, 0.3) is 0 Å². The van der Waals surface area contributed by atoms with E-state index in [1.54, 1.807) is 24.3 Å². The Morgan fingerprint density at radius 1 is 0.966 bits per heavy atom. The first-order valence-electron chi connectivity index (χ1n) is 9.92. The fourth-order valence-corrected chi connectivity index (χ4v) is 3.22. The van der Waals surface area contributed by atoms with Gasteiger partial charge in [-0.25, -0.2) is 9.59 Å². The molecule has 0 aliphatic carbocycles. The smallest absolute Gasteiger partial charge is 0.412 e. The van der Waals surface area contributed by atoms with Gasteiger partial charge in [0.2, 0.25) is 0 Å². The zero-order valence-electron chi connectivity index (χ0n) is 17.2. The minimum absolute atomic E-state index is 0.0866. The minimum Gasteiger partial charge on any atom is -0.456 e. The van der Waals surface area contributed by atoms with Crippen LogP contribution in [-0.4, -0.2) is 36.8 Å². The van der Waals surface area contributed by atoms with Crippen molar-refractivity contribution in [3.8, 4) is 5.75 Å². The van der Waals surface area contributed by atoms with Crippen LogP contribution < -0.4 is 15.0 Å². The lowest BCUT2D eigenvalue weighted by atomic mass is 10.0. The fraction of sp³-hybridized carbons (Fsp3) is 0.391. The molecule has 1 amide bonds. The van der Waals surface area contributed by atoms with Crippen molar-refractivity contribution < 1.29 is 19.1 Å². The molecule has 0 radical (unpaired) electrons. The summed E-state index contributed by atoms with van der Waals surface area (Å²) in [4.78, 5) is 26.4. The molecule has 1 N–H and O–H groups in total. The average Bonchev–Trinajstić information content (AvgIpc) is 2.68. The van der Waals surface area contributed by atoms with Crippen molar-refractivity contribution in [2.45, 2.75) is 45.3 Å². The first-order valence-corrected chi connectivity index (χ1v) is 9.92. The average molecular weight is 396 g/mol. The molecule has 6 nitrogen and oxygen atoms in total. The molecule has 0 saturated carbocycles. The van der Waals surface area contributed by atoms with Crippen molar-refractivity contribution in [2.75, 3.05) is 18.0 Å². The lowest BCUT2D eigenvalue weighted by Crippen LogP contribution is -2.45. The summed E-state index contributed by atoms with van der Waals surface area (Å²) in [6, 6.07) is 16.6. The van der Waals surface area contributed by atoms with E-state index in [2.05, 4.69) is 10.2 Å². The van der Waals surface area contributed by atoms with Crippen LogP contribution in [0.2, 0.25) is 0 Å². The van der Waals surface area contributed by atoms with Crippen molar-refractivity contribution in [1.82, 2.24) is 5.32 Å². The second-order valence-electron chi connectivity index (χ2n) is 8.16. The molecule has 0 aromatic heterocycles. The third-order valence-electron chi connectivity index (χ3n) is 4.64. The number of nitrogens with one attached hydrogen (secondary N) is 1. The highest BCUT2D eigenvalue weighted by Gasteiger charge is 2.22. The fourth-order valence-electron chi connectivity index (χ4n) is 3.22. The van der Waals surface area contributed by atoms with Gasteiger partial charge in [-0.05, 0) is 70.0 Å². The Morgan fingerprint density at radius 3 is 2.17 bits per heavy atom. The standard InChI is InChI=1S/C23H28N2O4/c1-23(2,3)29-21(26)17-9-11-19(12-10-17)25-15-13-18(14-16-25)24-22(27)28-20-7-5-4-6-8-20/h4-12,18H,13-16H2,1-3H3,(H,24,27). The number of hydrogen-bond acceptors (Lipinski definition) is 5. The predicted octanol–water partition coefficient (Wildman–Crippen LogP) is 4.40. The van der Waals surface area contributed by atoms with Crippen LogP contribution in [0.15, 0.2) is 54.6 Å². The topological polar surface area (TPSA) is 67.9 Å². The van der Waals surface area contributed by atoms with E-state index in [9.17, 15) is 9.59 Å². The van der Waals surface area contributed by atoms with Gasteiger partial charge in [0, 0.05) is 24.8 Å². The summed E-state index contributed by atoms with van der Waals surface area (Å²) in [5.74, 6) is 0.219. The molecule has 1 aliphatic rings. The van der Waals surface area contributed by atoms with Gasteiger partial charge in [-0.15, -0.1) is 0 Å². The summed E-state index contributed by atoms with van der Waals surface area (Å²) in [5.41, 5.74) is 1.10. The molecule has 154 valence electrons. The molecule has 2 aromatic carbocycles. The normalized spacial score (nSPS) is 14.9. The Labute approximate surface area is 171 Å². The molecular formula is C23H28N2O4. The van der Waals surface area contributed by atoms with E-state index in [0.29, 0.717) is 11.3 Å². The third kappa shape index (κ3) is 6.24. The van der Waals surface area contributed by atoms with E-state index < -0.39 is 11.7 Å². The molecule has 2 aromatic rings. The Hall–Kier alpha value is -3.02. The molecule has 1 saturated heterocycles. The van der Waals surface area contributed by atoms with Gasteiger partial charge in [-0.1, -0.05) is 18.2 Å². The maximum absolute atomic E-state index is 12.1. The monoisotopic (exact) mass is 396 g/mol. The SMILES string of the molecule is CC(C)(C)OC(=O)c1ccc(N2CCC(NC(=O)Oc3ccccc3)CC2)cc1. The minimum atomic E-state index is -0.508. The number of carbonyl (C=O) groups is 2. The summed E-state index contributed by atoms with van der Waals surface area (Å²) in [7, 11) is 0. The summed E-state index contributed by atoms with van der Waals surface area (Å²) in [5, 5.41) is 2.94. The highest BCUT2D eigenvalue weighted by Crippen LogP contribution is 2.22. The third-order valence-corrected chi connectivity index (χ3v) is 4.64. The zero-order chi connectivity index (χ0) is 20.9. The molecule has 0 atom stereocenters. The number of nitrogens with zero attached hydrogens (tertiary/aromatic N) is 1. The number of anilines is 1. The second kappa shape index (κ2) is 8.99. The van der Waals surface area contributed by atoms with Crippen molar-refractivity contribution in [3.05, 3.63) is 60.2 Å². The van der Waals surface area contributed by atoms with E-state index in [4.69, 9.17) is 9.47 Å². The van der Waals surface area contributed by atoms with E-state index >= 15 is 0 Å². The van der Waals surface area contributed by atoms with Gasteiger partial charge in [-0.2, -0.15) is 0 Å². The molecule has 1 aliphatic heterocycles. The number of esters is 1. The quantitative estimate of drug-likeness (QED) is 0.776. The first kappa shape index (κ1) is 20.7. The number of rotatable bonds is 4. The Bertz CT molecular complexity index is 820. The van der Waals surface area contributed by atoms with Crippen molar-refractivity contribution >= 4 is 17.7 Å². The molecule has 0 spiro atoms. The Balaban J connectivity index is 1.48. The van der Waals surface area contributed by atoms with Crippen LogP contribution in [0.25, 0.3) is 0 Å². The molecule has 6 heteroatoms. The summed E-state index contributed by atoms with van der Waals surface area (Å²) in [6.45, 7) is 7.21. The highest BCUT2D eigenvalue weighted by molar-refractivity contribution is 5.90. The van der Waals surface area contributed by atoms with E-state index in [1.165, 1.54) is 0 Å². The molecule has 1 fully saturated rings. The van der Waals surface area contributed by atoms with Crippen LogP contribution in [0, 0.1) is 0 Å². The maximum Gasteiger partial charge on any atom is 0.412 e. The zero-order valence-corrected chi connectivity index (χ0v) is 17.2.